The molecule has 2 aromatic rings. The molecule has 0 unspecified atom stereocenters. The van der Waals surface area contributed by atoms with Crippen LogP contribution in [0.1, 0.15) is 59.4 Å². The summed E-state index contributed by atoms with van der Waals surface area (Å²) < 4.78 is 5.24. The molecule has 2 aliphatic rings. The normalized spacial score (nSPS) is 25.1. The summed E-state index contributed by atoms with van der Waals surface area (Å²) >= 11 is 0. The summed E-state index contributed by atoms with van der Waals surface area (Å²) in [5, 5.41) is 93.3. The first kappa shape index (κ1) is 27.4. The van der Waals surface area contributed by atoms with E-state index in [9.17, 15) is 60.3 Å². The molecule has 0 aromatic heterocycles. The molecule has 0 radical (unpaired) electrons. The van der Waals surface area contributed by atoms with Gasteiger partial charge in [0.2, 0.25) is 0 Å². The van der Waals surface area contributed by atoms with Crippen molar-refractivity contribution in [3.8, 4) is 23.0 Å². The number of aromatic carboxylic acids is 1. The second-order valence-corrected chi connectivity index (χ2v) is 8.22. The molecule has 1 aliphatic heterocycles. The average molecular weight is 498 g/mol. The molecule has 0 saturated carbocycles. The molecule has 1 fully saturated rings. The number of hydrogen-bond acceptors (Lipinski definition) is 12. The van der Waals surface area contributed by atoms with Gasteiger partial charge in [0.25, 0.3) is 0 Å². The van der Waals surface area contributed by atoms with Crippen molar-refractivity contribution in [3.63, 3.8) is 0 Å². The van der Waals surface area contributed by atoms with Gasteiger partial charge in [0.05, 0.1) is 22.8 Å². The van der Waals surface area contributed by atoms with E-state index in [0.717, 1.165) is 6.92 Å². The summed E-state index contributed by atoms with van der Waals surface area (Å²) in [7, 11) is 0. The van der Waals surface area contributed by atoms with Crippen molar-refractivity contribution in [2.45, 2.75) is 37.4 Å². The summed E-state index contributed by atoms with van der Waals surface area (Å²) in [4.78, 5) is 38.0. The van der Waals surface area contributed by atoms with Crippen LogP contribution in [0.3, 0.4) is 0 Å². The Morgan fingerprint density at radius 3 is 2.06 bits per heavy atom. The molecular weight excluding hydrogens is 479 g/mol. The van der Waals surface area contributed by atoms with Crippen LogP contribution in [0.15, 0.2) is 6.07 Å². The molecule has 0 bridgehead atoms. The third-order valence-electron chi connectivity index (χ3n) is 6.32. The minimum atomic E-state index is -2.05. The van der Waals surface area contributed by atoms with Crippen molar-refractivity contribution in [1.29, 1.82) is 0 Å². The standard InChI is InChI=1S/C22H19O13.Li/c1-4-8-5(2-6(24)9(4)22(33)34)13(25)10-11(15(8)27)16(28)12(18(30)17(10)29)21-20(32)19(31)14(26)7(3-23)35-21;/h2,7,14,19-21,24,26,28-32H,3H2,1H3,(H,33,34);/q-1;+1/t7-,14-,19+,20-,21+;/m1./s1. The number of phenols is 4. The second kappa shape index (κ2) is 9.38. The van der Waals surface area contributed by atoms with E-state index in [0.29, 0.717) is 6.07 Å². The van der Waals surface area contributed by atoms with Gasteiger partial charge in [0, 0.05) is 11.1 Å². The largest absolute Gasteiger partial charge is 1.00 e. The van der Waals surface area contributed by atoms with Crippen LogP contribution in [-0.4, -0.2) is 89.4 Å². The third-order valence-corrected chi connectivity index (χ3v) is 6.32. The van der Waals surface area contributed by atoms with E-state index in [1.165, 1.54) is 0 Å². The van der Waals surface area contributed by atoms with E-state index in [1.807, 2.05) is 0 Å². The fourth-order valence-electron chi connectivity index (χ4n) is 4.57. The fraction of sp³-hybridized carbons (Fsp3) is 0.318. The van der Waals surface area contributed by atoms with Crippen molar-refractivity contribution in [3.05, 3.63) is 45.0 Å². The molecule has 1 aliphatic carbocycles. The molecule has 2 aromatic carbocycles. The SMILES string of the molecule is Cc1c(C(=O)O)c(O)cc2c1C(=O)c1c(O)c([C@@H]3O[C@H](C[O-])[C@@H](O)[C@H](O)[C@H]3O)c(O)c(O)c1C2=O.[Li+]. The van der Waals surface area contributed by atoms with Crippen molar-refractivity contribution in [2.24, 2.45) is 0 Å². The number of carbonyl (C=O) groups is 3. The summed E-state index contributed by atoms with van der Waals surface area (Å²) in [5.41, 5.74) is -4.58. The van der Waals surface area contributed by atoms with Crippen LogP contribution in [0.2, 0.25) is 0 Å². The summed E-state index contributed by atoms with van der Waals surface area (Å²) in [6, 6.07) is 0.709. The number of ketones is 2. The molecule has 13 nitrogen and oxygen atoms in total. The number of phenolic OH excluding ortho intramolecular Hbond substituents is 3. The molecule has 0 amide bonds. The number of ether oxygens (including phenoxy) is 1. The van der Waals surface area contributed by atoms with Gasteiger partial charge in [-0.1, -0.05) is 0 Å². The zero-order chi connectivity index (χ0) is 26.1. The number of carbonyl (C=O) groups excluding carboxylic acids is 2. The van der Waals surface area contributed by atoms with Crippen molar-refractivity contribution in [1.82, 2.24) is 0 Å². The van der Waals surface area contributed by atoms with Crippen LogP contribution < -0.4 is 24.0 Å². The Hall–Kier alpha value is -3.15. The number of fused-ring (bicyclic) bond motifs is 2. The molecule has 1 heterocycles. The smallest absolute Gasteiger partial charge is 0.853 e. The number of aliphatic hydroxyl groups is 3. The van der Waals surface area contributed by atoms with Crippen LogP contribution in [0.25, 0.3) is 0 Å². The average Bonchev–Trinajstić information content (AvgIpc) is 2.79. The summed E-state index contributed by atoms with van der Waals surface area (Å²) in [6.45, 7) is 0.0341. The fourth-order valence-corrected chi connectivity index (χ4v) is 4.57. The van der Waals surface area contributed by atoms with Gasteiger partial charge in [0.15, 0.2) is 23.1 Å². The Labute approximate surface area is 213 Å². The van der Waals surface area contributed by atoms with E-state index in [2.05, 4.69) is 0 Å². The van der Waals surface area contributed by atoms with E-state index < -0.39 is 111 Å². The number of benzene rings is 2. The van der Waals surface area contributed by atoms with Gasteiger partial charge in [-0.2, -0.15) is 0 Å². The van der Waals surface area contributed by atoms with E-state index in [1.54, 1.807) is 0 Å². The second-order valence-electron chi connectivity index (χ2n) is 8.22. The van der Waals surface area contributed by atoms with Gasteiger partial charge in [-0.15, -0.1) is 6.61 Å². The van der Waals surface area contributed by atoms with E-state index in [4.69, 9.17) is 4.74 Å². The van der Waals surface area contributed by atoms with E-state index >= 15 is 0 Å². The van der Waals surface area contributed by atoms with Crippen LogP contribution in [-0.2, 0) is 4.74 Å². The van der Waals surface area contributed by atoms with Crippen LogP contribution >= 0.6 is 0 Å². The number of carboxylic acids is 1. The first-order chi connectivity index (χ1) is 16.3. The van der Waals surface area contributed by atoms with Gasteiger partial charge in [-0.25, -0.2) is 4.79 Å². The van der Waals surface area contributed by atoms with Crippen LogP contribution in [0, 0.1) is 6.92 Å². The minimum Gasteiger partial charge on any atom is -0.853 e. The predicted octanol–water partition coefficient (Wildman–Crippen LogP) is -4.82. The molecule has 0 spiro atoms. The Balaban J connectivity index is 0.00000361. The Kier molecular flexibility index (Phi) is 7.15. The number of rotatable bonds is 3. The Morgan fingerprint density at radius 2 is 1.50 bits per heavy atom. The molecule has 8 N–H and O–H groups in total. The van der Waals surface area contributed by atoms with Crippen molar-refractivity contribution < 1.29 is 83.9 Å². The number of hydrogen-bond donors (Lipinski definition) is 8. The minimum absolute atomic E-state index is 0. The first-order valence-electron chi connectivity index (χ1n) is 10.1. The quantitative estimate of drug-likeness (QED) is 0.0961. The number of aromatic hydroxyl groups is 4. The molecule has 186 valence electrons. The molecule has 5 atom stereocenters. The first-order valence-corrected chi connectivity index (χ1v) is 10.1. The zero-order valence-electron chi connectivity index (χ0n) is 18.8. The van der Waals surface area contributed by atoms with Gasteiger partial charge >= 0.3 is 24.8 Å². The molecule has 36 heavy (non-hydrogen) atoms. The predicted molar refractivity (Wildman–Crippen MR) is 109 cm³/mol. The number of aliphatic hydroxyl groups excluding tert-OH is 3. The molecule has 4 rings (SSSR count). The maximum atomic E-state index is 13.4. The van der Waals surface area contributed by atoms with Gasteiger partial charge in [-0.05, 0) is 18.6 Å². The topological polar surface area (TPSA) is 245 Å². The van der Waals surface area contributed by atoms with Crippen LogP contribution in [0.4, 0.5) is 0 Å². The molecule has 1 saturated heterocycles. The van der Waals surface area contributed by atoms with Gasteiger partial charge < -0.3 is 50.7 Å². The zero-order valence-corrected chi connectivity index (χ0v) is 18.8. The third kappa shape index (κ3) is 3.64. The van der Waals surface area contributed by atoms with Gasteiger partial charge in [0.1, 0.15) is 41.5 Å². The Bertz CT molecular complexity index is 1300. The molecular formula is C22H19LiO13. The van der Waals surface area contributed by atoms with Gasteiger partial charge in [-0.3, -0.25) is 9.59 Å². The summed E-state index contributed by atoms with van der Waals surface area (Å²) in [5.74, 6) is -8.33. The van der Waals surface area contributed by atoms with E-state index in [-0.39, 0.29) is 24.4 Å². The maximum Gasteiger partial charge on any atom is 1.00 e. The Morgan fingerprint density at radius 1 is 0.917 bits per heavy atom. The maximum absolute atomic E-state index is 13.4. The van der Waals surface area contributed by atoms with Crippen molar-refractivity contribution >= 4 is 17.5 Å². The number of carboxylic acid groups (broad SMARTS) is 1. The molecule has 14 heteroatoms. The monoisotopic (exact) mass is 498 g/mol. The van der Waals surface area contributed by atoms with Crippen molar-refractivity contribution in [2.75, 3.05) is 6.61 Å². The van der Waals surface area contributed by atoms with Crippen LogP contribution in [0.5, 0.6) is 23.0 Å². The summed E-state index contributed by atoms with van der Waals surface area (Å²) in [6.07, 6.45) is -9.40.